The van der Waals surface area contributed by atoms with E-state index in [0.717, 1.165) is 65.9 Å². The summed E-state index contributed by atoms with van der Waals surface area (Å²) in [5, 5.41) is 0.906. The number of unbranched alkanes of at least 4 members (excludes halogenated alkanes) is 1. The highest BCUT2D eigenvalue weighted by atomic mass is 16.1. The number of rotatable bonds is 9. The summed E-state index contributed by atoms with van der Waals surface area (Å²) in [7, 11) is 0. The standard InChI is InChI=1S/C26H26N4O.C4H10.C3H6O/c1-3-14-30(15-4-2)26-27-17-22-16-23(20-8-6-5-7-9-20)24(28-25(22)29-26)21-12-10-19(18-31)11-13-21;1-3-4-2;1-3(2)4/h5-13,16-18H,3-4,14-15H2,1-2H3;3-4H2,1-2H3;1-2H3. The Kier molecular flexibility index (Phi) is 13.5. The smallest absolute Gasteiger partial charge is 0.227 e. The van der Waals surface area contributed by atoms with Crippen molar-refractivity contribution < 1.29 is 9.59 Å². The number of anilines is 1. The van der Waals surface area contributed by atoms with Gasteiger partial charge in [-0.15, -0.1) is 0 Å². The van der Waals surface area contributed by atoms with Crippen molar-refractivity contribution in [2.24, 2.45) is 0 Å². The third-order valence-corrected chi connectivity index (χ3v) is 5.73. The third-order valence-electron chi connectivity index (χ3n) is 5.73. The molecule has 2 heterocycles. The number of nitrogens with zero attached hydrogens (tertiary/aromatic N) is 4. The van der Waals surface area contributed by atoms with Gasteiger partial charge in [0.15, 0.2) is 5.65 Å². The minimum atomic E-state index is 0.167. The summed E-state index contributed by atoms with van der Waals surface area (Å²) < 4.78 is 0. The number of aldehydes is 1. The quantitative estimate of drug-likeness (QED) is 0.205. The van der Waals surface area contributed by atoms with Crippen LogP contribution in [0.3, 0.4) is 0 Å². The number of aromatic nitrogens is 3. The summed E-state index contributed by atoms with van der Waals surface area (Å²) in [4.78, 5) is 37.2. The van der Waals surface area contributed by atoms with Gasteiger partial charge in [-0.2, -0.15) is 4.98 Å². The van der Waals surface area contributed by atoms with E-state index in [0.29, 0.717) is 11.2 Å². The number of carbonyl (C=O) groups excluding carboxylic acids is 2. The van der Waals surface area contributed by atoms with E-state index in [1.807, 2.05) is 48.7 Å². The number of benzene rings is 2. The molecular weight excluding hydrogens is 484 g/mol. The zero-order chi connectivity index (χ0) is 28.6. The number of carbonyl (C=O) groups is 2. The Morgan fingerprint density at radius 1 is 0.795 bits per heavy atom. The summed E-state index contributed by atoms with van der Waals surface area (Å²) in [6, 6.07) is 19.8. The molecule has 0 saturated heterocycles. The van der Waals surface area contributed by atoms with Crippen molar-refractivity contribution in [3.63, 3.8) is 0 Å². The average Bonchev–Trinajstić information content (AvgIpc) is 2.96. The first-order valence-corrected chi connectivity index (χ1v) is 13.9. The van der Waals surface area contributed by atoms with E-state index in [1.165, 1.54) is 26.7 Å². The minimum absolute atomic E-state index is 0.167. The number of hydrogen-bond donors (Lipinski definition) is 0. The molecule has 0 radical (unpaired) electrons. The first-order chi connectivity index (χ1) is 18.9. The van der Waals surface area contributed by atoms with Crippen LogP contribution in [0.25, 0.3) is 33.4 Å². The van der Waals surface area contributed by atoms with E-state index in [1.54, 1.807) is 0 Å². The summed E-state index contributed by atoms with van der Waals surface area (Å²) in [6.07, 6.45) is 7.44. The molecule has 206 valence electrons. The van der Waals surface area contributed by atoms with E-state index < -0.39 is 0 Å². The van der Waals surface area contributed by atoms with Crippen molar-refractivity contribution in [1.82, 2.24) is 15.0 Å². The van der Waals surface area contributed by atoms with Crippen LogP contribution in [0.5, 0.6) is 0 Å². The number of hydrogen-bond acceptors (Lipinski definition) is 6. The highest BCUT2D eigenvalue weighted by Crippen LogP contribution is 2.33. The first kappa shape index (κ1) is 31.3. The van der Waals surface area contributed by atoms with Gasteiger partial charge < -0.3 is 9.69 Å². The number of fused-ring (bicyclic) bond motifs is 1. The predicted octanol–water partition coefficient (Wildman–Crippen LogP) is 8.20. The second kappa shape index (κ2) is 16.8. The molecule has 0 spiro atoms. The van der Waals surface area contributed by atoms with Crippen molar-refractivity contribution in [3.8, 4) is 22.4 Å². The molecule has 0 aliphatic carbocycles. The molecule has 0 unspecified atom stereocenters. The molecule has 0 amide bonds. The van der Waals surface area contributed by atoms with Gasteiger partial charge in [0.1, 0.15) is 12.1 Å². The second-order valence-electron chi connectivity index (χ2n) is 9.47. The largest absolute Gasteiger partial charge is 0.341 e. The first-order valence-electron chi connectivity index (χ1n) is 13.9. The molecule has 2 aromatic heterocycles. The third kappa shape index (κ3) is 9.71. The van der Waals surface area contributed by atoms with Crippen molar-refractivity contribution in [2.75, 3.05) is 18.0 Å². The Labute approximate surface area is 233 Å². The van der Waals surface area contributed by atoms with E-state index in [9.17, 15) is 9.59 Å². The lowest BCUT2D eigenvalue weighted by molar-refractivity contribution is -0.115. The topological polar surface area (TPSA) is 76.1 Å². The minimum Gasteiger partial charge on any atom is -0.341 e. The maximum absolute atomic E-state index is 11.1. The Hall–Kier alpha value is -3.93. The fraction of sp³-hybridized carbons (Fsp3) is 0.364. The summed E-state index contributed by atoms with van der Waals surface area (Å²) in [5.41, 5.74) is 5.21. The van der Waals surface area contributed by atoms with Gasteiger partial charge in [-0.25, -0.2) is 9.97 Å². The van der Waals surface area contributed by atoms with Gasteiger partial charge in [-0.1, -0.05) is 95.1 Å². The normalized spacial score (nSPS) is 10.1. The van der Waals surface area contributed by atoms with Gasteiger partial charge in [0.2, 0.25) is 5.95 Å². The SMILES string of the molecule is CC(C)=O.CCCC.CCCN(CCC)c1ncc2cc(-c3ccccc3)c(-c3ccc(C=O)cc3)nc2n1. The maximum Gasteiger partial charge on any atom is 0.227 e. The second-order valence-corrected chi connectivity index (χ2v) is 9.47. The lowest BCUT2D eigenvalue weighted by Crippen LogP contribution is -2.26. The molecular formula is C33H42N4O2. The Morgan fingerprint density at radius 2 is 1.38 bits per heavy atom. The predicted molar refractivity (Wildman–Crippen MR) is 163 cm³/mol. The highest BCUT2D eigenvalue weighted by Gasteiger charge is 2.15. The highest BCUT2D eigenvalue weighted by molar-refractivity contribution is 5.90. The van der Waals surface area contributed by atoms with E-state index in [4.69, 9.17) is 9.97 Å². The Bertz CT molecular complexity index is 1290. The van der Waals surface area contributed by atoms with E-state index in [2.05, 4.69) is 55.8 Å². The summed E-state index contributed by atoms with van der Waals surface area (Å²) in [5.74, 6) is 0.887. The molecule has 0 fully saturated rings. The number of ketones is 1. The zero-order valence-electron chi connectivity index (χ0n) is 24.3. The van der Waals surface area contributed by atoms with Crippen molar-refractivity contribution >= 4 is 29.1 Å². The molecule has 0 atom stereocenters. The van der Waals surface area contributed by atoms with Gasteiger partial charge in [-0.3, -0.25) is 4.79 Å². The lowest BCUT2D eigenvalue weighted by Gasteiger charge is -2.21. The maximum atomic E-state index is 11.1. The van der Waals surface area contributed by atoms with Crippen LogP contribution in [0.2, 0.25) is 0 Å². The molecule has 39 heavy (non-hydrogen) atoms. The van der Waals surface area contributed by atoms with Crippen LogP contribution < -0.4 is 4.90 Å². The fourth-order valence-corrected chi connectivity index (χ4v) is 3.74. The molecule has 6 nitrogen and oxygen atoms in total. The molecule has 2 aromatic carbocycles. The van der Waals surface area contributed by atoms with Gasteiger partial charge >= 0.3 is 0 Å². The van der Waals surface area contributed by atoms with Crippen LogP contribution in [0.15, 0.2) is 66.9 Å². The van der Waals surface area contributed by atoms with Crippen LogP contribution >= 0.6 is 0 Å². The molecule has 6 heteroatoms. The fourth-order valence-electron chi connectivity index (χ4n) is 3.74. The van der Waals surface area contributed by atoms with Crippen LogP contribution in [-0.2, 0) is 4.79 Å². The Morgan fingerprint density at radius 3 is 1.90 bits per heavy atom. The molecule has 0 N–H and O–H groups in total. The molecule has 4 rings (SSSR count). The van der Waals surface area contributed by atoms with Crippen LogP contribution in [0.4, 0.5) is 5.95 Å². The average molecular weight is 527 g/mol. The summed E-state index contributed by atoms with van der Waals surface area (Å²) in [6.45, 7) is 13.6. The zero-order valence-corrected chi connectivity index (χ0v) is 24.3. The van der Waals surface area contributed by atoms with Crippen molar-refractivity contribution in [3.05, 3.63) is 72.4 Å². The molecule has 0 bridgehead atoms. The van der Waals surface area contributed by atoms with Gasteiger partial charge in [0, 0.05) is 41.4 Å². The number of pyridine rings is 1. The molecule has 4 aromatic rings. The van der Waals surface area contributed by atoms with Crippen LogP contribution in [0, 0.1) is 0 Å². The van der Waals surface area contributed by atoms with E-state index >= 15 is 0 Å². The number of Topliss-reactive ketones (excluding diaryl/α,β-unsaturated/α-hetero) is 1. The Balaban J connectivity index is 0.000000590. The van der Waals surface area contributed by atoms with E-state index in [-0.39, 0.29) is 5.78 Å². The molecule has 0 aliphatic rings. The van der Waals surface area contributed by atoms with Crippen molar-refractivity contribution in [2.45, 2.75) is 67.2 Å². The van der Waals surface area contributed by atoms with Crippen LogP contribution in [0.1, 0.15) is 77.6 Å². The van der Waals surface area contributed by atoms with Gasteiger partial charge in [0.25, 0.3) is 0 Å². The lowest BCUT2D eigenvalue weighted by atomic mass is 9.98. The van der Waals surface area contributed by atoms with Crippen LogP contribution in [-0.4, -0.2) is 40.1 Å². The molecule has 0 aliphatic heterocycles. The monoisotopic (exact) mass is 526 g/mol. The van der Waals surface area contributed by atoms with Crippen molar-refractivity contribution in [1.29, 1.82) is 0 Å². The van der Waals surface area contributed by atoms with Gasteiger partial charge in [0.05, 0.1) is 5.69 Å². The molecule has 0 saturated carbocycles. The summed E-state index contributed by atoms with van der Waals surface area (Å²) >= 11 is 0. The van der Waals surface area contributed by atoms with Gasteiger partial charge in [-0.05, 0) is 38.3 Å².